The number of aromatic hydroxyl groups is 1. The third-order valence-corrected chi connectivity index (χ3v) is 5.46. The molecule has 0 bridgehead atoms. The molecule has 8 nitrogen and oxygen atoms in total. The Morgan fingerprint density at radius 1 is 1.25 bits per heavy atom. The maximum atomic E-state index is 14.9. The van der Waals surface area contributed by atoms with Crippen LogP contribution in [0.1, 0.15) is 22.8 Å². The van der Waals surface area contributed by atoms with E-state index in [0.717, 1.165) is 13.1 Å². The summed E-state index contributed by atoms with van der Waals surface area (Å²) in [5.41, 5.74) is 3.38. The summed E-state index contributed by atoms with van der Waals surface area (Å²) in [5.74, 6) is -1.04. The number of benzene rings is 2. The van der Waals surface area contributed by atoms with Crippen molar-refractivity contribution in [3.05, 3.63) is 69.8 Å². The Hall–Kier alpha value is -3.72. The number of carbonyl (C=O) groups excluding carboxylic acids is 1. The van der Waals surface area contributed by atoms with E-state index < -0.39 is 17.2 Å². The van der Waals surface area contributed by atoms with Crippen molar-refractivity contribution in [3.8, 4) is 5.75 Å². The van der Waals surface area contributed by atoms with Gasteiger partial charge in [0.1, 0.15) is 17.1 Å². The van der Waals surface area contributed by atoms with E-state index in [1.54, 1.807) is 22.8 Å². The van der Waals surface area contributed by atoms with Gasteiger partial charge in [0.25, 0.3) is 5.91 Å². The SMILES string of the molecule is CCn1cc(C(=O)N/N=C/c2ccc(O)cc2)c(=O)c2cc(F)c(N3CCNCC3)cc21. The van der Waals surface area contributed by atoms with Crippen LogP contribution in [0.5, 0.6) is 5.75 Å². The number of aryl methyl sites for hydroxylation is 1. The number of phenols is 1. The molecule has 1 aliphatic heterocycles. The molecule has 1 amide bonds. The molecule has 0 saturated carbocycles. The molecule has 32 heavy (non-hydrogen) atoms. The van der Waals surface area contributed by atoms with Gasteiger partial charge in [-0.15, -0.1) is 0 Å². The first-order chi connectivity index (χ1) is 15.5. The highest BCUT2D eigenvalue weighted by Gasteiger charge is 2.20. The van der Waals surface area contributed by atoms with Gasteiger partial charge in [-0.05, 0) is 48.9 Å². The van der Waals surface area contributed by atoms with E-state index in [4.69, 9.17) is 0 Å². The number of phenolic OH excluding ortho intramolecular Hbond substituents is 1. The summed E-state index contributed by atoms with van der Waals surface area (Å²) in [6.45, 7) is 5.28. The number of nitrogens with zero attached hydrogens (tertiary/aromatic N) is 3. The first-order valence-electron chi connectivity index (χ1n) is 10.4. The average molecular weight is 437 g/mol. The lowest BCUT2D eigenvalue weighted by molar-refractivity contribution is 0.0953. The van der Waals surface area contributed by atoms with Crippen molar-refractivity contribution in [2.24, 2.45) is 5.10 Å². The number of hydrazone groups is 1. The Morgan fingerprint density at radius 3 is 2.66 bits per heavy atom. The van der Waals surface area contributed by atoms with Crippen molar-refractivity contribution < 1.29 is 14.3 Å². The van der Waals surface area contributed by atoms with Gasteiger partial charge < -0.3 is 19.9 Å². The molecule has 9 heteroatoms. The van der Waals surface area contributed by atoms with Crippen LogP contribution in [0.25, 0.3) is 10.9 Å². The minimum absolute atomic E-state index is 0.114. The van der Waals surface area contributed by atoms with Gasteiger partial charge in [0, 0.05) is 44.3 Å². The minimum Gasteiger partial charge on any atom is -0.508 e. The molecule has 1 aromatic heterocycles. The zero-order valence-corrected chi connectivity index (χ0v) is 17.6. The van der Waals surface area contributed by atoms with Crippen LogP contribution in [0.15, 0.2) is 52.5 Å². The summed E-state index contributed by atoms with van der Waals surface area (Å²) in [4.78, 5) is 27.6. The molecule has 1 aliphatic rings. The van der Waals surface area contributed by atoms with Crippen LogP contribution in [0, 0.1) is 5.82 Å². The monoisotopic (exact) mass is 437 g/mol. The van der Waals surface area contributed by atoms with Gasteiger partial charge in [0.05, 0.1) is 17.4 Å². The van der Waals surface area contributed by atoms with Crippen molar-refractivity contribution in [3.63, 3.8) is 0 Å². The number of nitrogens with one attached hydrogen (secondary N) is 2. The molecular formula is C23H24FN5O3. The molecule has 0 aliphatic carbocycles. The maximum Gasteiger partial charge on any atom is 0.276 e. The number of pyridine rings is 1. The standard InChI is InChI=1S/C23H24FN5O3/c1-2-28-14-18(23(32)27-26-13-15-3-5-16(30)6-4-15)22(31)17-11-19(24)21(12-20(17)28)29-9-7-25-8-10-29/h3-6,11-14,25,30H,2,7-10H2,1H3,(H,27,32)/b26-13+. The molecule has 1 saturated heterocycles. The van der Waals surface area contributed by atoms with Crippen LogP contribution in [0.4, 0.5) is 10.1 Å². The maximum absolute atomic E-state index is 14.9. The van der Waals surface area contributed by atoms with Crippen LogP contribution in [-0.2, 0) is 6.54 Å². The molecule has 0 spiro atoms. The highest BCUT2D eigenvalue weighted by Crippen LogP contribution is 2.25. The third-order valence-electron chi connectivity index (χ3n) is 5.46. The number of fused-ring (bicyclic) bond motifs is 1. The van der Waals surface area contributed by atoms with Crippen molar-refractivity contribution in [2.75, 3.05) is 31.1 Å². The molecule has 166 valence electrons. The fraction of sp³-hybridized carbons (Fsp3) is 0.261. The topological polar surface area (TPSA) is 99.0 Å². The third kappa shape index (κ3) is 4.33. The first-order valence-corrected chi connectivity index (χ1v) is 10.4. The number of piperazine rings is 1. The van der Waals surface area contributed by atoms with E-state index in [2.05, 4.69) is 15.8 Å². The largest absolute Gasteiger partial charge is 0.508 e. The molecule has 1 fully saturated rings. The summed E-state index contributed by atoms with van der Waals surface area (Å²) in [7, 11) is 0. The lowest BCUT2D eigenvalue weighted by atomic mass is 10.1. The van der Waals surface area contributed by atoms with Gasteiger partial charge in [-0.25, -0.2) is 9.82 Å². The Kier molecular flexibility index (Phi) is 6.18. The molecule has 2 aromatic carbocycles. The van der Waals surface area contributed by atoms with Crippen LogP contribution in [0.3, 0.4) is 0 Å². The summed E-state index contributed by atoms with van der Waals surface area (Å²) in [5, 5.41) is 16.6. The average Bonchev–Trinajstić information content (AvgIpc) is 2.81. The molecule has 0 radical (unpaired) electrons. The second kappa shape index (κ2) is 9.19. The minimum atomic E-state index is -0.680. The van der Waals surface area contributed by atoms with Gasteiger partial charge in [-0.3, -0.25) is 9.59 Å². The molecule has 0 atom stereocenters. The second-order valence-electron chi connectivity index (χ2n) is 7.51. The lowest BCUT2D eigenvalue weighted by Crippen LogP contribution is -2.43. The number of hydrogen-bond acceptors (Lipinski definition) is 6. The second-order valence-corrected chi connectivity index (χ2v) is 7.51. The number of halogens is 1. The van der Waals surface area contributed by atoms with E-state index in [9.17, 15) is 19.1 Å². The molecule has 4 rings (SSSR count). The fourth-order valence-corrected chi connectivity index (χ4v) is 3.76. The molecule has 3 N–H and O–H groups in total. The van der Waals surface area contributed by atoms with E-state index in [-0.39, 0.29) is 16.7 Å². The van der Waals surface area contributed by atoms with Gasteiger partial charge in [-0.2, -0.15) is 5.10 Å². The molecule has 2 heterocycles. The van der Waals surface area contributed by atoms with Gasteiger partial charge >= 0.3 is 0 Å². The zero-order valence-electron chi connectivity index (χ0n) is 17.6. The van der Waals surface area contributed by atoms with E-state index in [1.165, 1.54) is 30.6 Å². The van der Waals surface area contributed by atoms with Crippen molar-refractivity contribution in [2.45, 2.75) is 13.5 Å². The number of amides is 1. The quantitative estimate of drug-likeness (QED) is 0.419. The Balaban J connectivity index is 1.66. The number of aromatic nitrogens is 1. The Bertz CT molecular complexity index is 1230. The van der Waals surface area contributed by atoms with E-state index in [1.807, 2.05) is 11.8 Å². The zero-order chi connectivity index (χ0) is 22.7. The van der Waals surface area contributed by atoms with Crippen LogP contribution < -0.4 is 21.1 Å². The van der Waals surface area contributed by atoms with Crippen LogP contribution in [0.2, 0.25) is 0 Å². The van der Waals surface area contributed by atoms with Gasteiger partial charge in [0.2, 0.25) is 5.43 Å². The number of carbonyl (C=O) groups is 1. The Labute approximate surface area is 184 Å². The van der Waals surface area contributed by atoms with E-state index >= 15 is 0 Å². The predicted molar refractivity (Wildman–Crippen MR) is 122 cm³/mol. The van der Waals surface area contributed by atoms with Crippen LogP contribution >= 0.6 is 0 Å². The van der Waals surface area contributed by atoms with E-state index in [0.29, 0.717) is 36.4 Å². The molecular weight excluding hydrogens is 413 g/mol. The van der Waals surface area contributed by atoms with Crippen molar-refractivity contribution in [1.29, 1.82) is 0 Å². The predicted octanol–water partition coefficient (Wildman–Crippen LogP) is 2.04. The van der Waals surface area contributed by atoms with Crippen LogP contribution in [-0.4, -0.2) is 48.0 Å². The summed E-state index contributed by atoms with van der Waals surface area (Å²) >= 11 is 0. The molecule has 3 aromatic rings. The summed E-state index contributed by atoms with van der Waals surface area (Å²) < 4.78 is 16.7. The number of rotatable bonds is 5. The first kappa shape index (κ1) is 21.5. The molecule has 0 unspecified atom stereocenters. The summed E-state index contributed by atoms with van der Waals surface area (Å²) in [6, 6.07) is 9.15. The summed E-state index contributed by atoms with van der Waals surface area (Å²) in [6.07, 6.45) is 2.88. The lowest BCUT2D eigenvalue weighted by Gasteiger charge is -2.30. The highest BCUT2D eigenvalue weighted by atomic mass is 19.1. The highest BCUT2D eigenvalue weighted by molar-refractivity contribution is 5.98. The van der Waals surface area contributed by atoms with Crippen molar-refractivity contribution >= 4 is 28.7 Å². The number of hydrogen-bond donors (Lipinski definition) is 3. The fourth-order valence-electron chi connectivity index (χ4n) is 3.76. The van der Waals surface area contributed by atoms with Crippen molar-refractivity contribution in [1.82, 2.24) is 15.3 Å². The van der Waals surface area contributed by atoms with Gasteiger partial charge in [0.15, 0.2) is 0 Å². The Morgan fingerprint density at radius 2 is 1.97 bits per heavy atom. The normalized spacial score (nSPS) is 14.2. The number of anilines is 1. The van der Waals surface area contributed by atoms with Gasteiger partial charge in [-0.1, -0.05) is 0 Å². The smallest absolute Gasteiger partial charge is 0.276 e.